The Morgan fingerprint density at radius 2 is 2.09 bits per heavy atom. The van der Waals surface area contributed by atoms with Crippen molar-refractivity contribution < 1.29 is 14.2 Å². The van der Waals surface area contributed by atoms with Crippen LogP contribution < -0.4 is 4.74 Å². The molecular formula is C24H26ClFN4O2. The fourth-order valence-corrected chi connectivity index (χ4v) is 4.41. The molecule has 0 amide bonds. The fraction of sp³-hybridized carbons (Fsp3) is 0.333. The second-order valence-electron chi connectivity index (χ2n) is 8.70. The van der Waals surface area contributed by atoms with Gasteiger partial charge in [0.25, 0.3) is 0 Å². The number of ether oxygens (including phenoxy) is 1. The first-order chi connectivity index (χ1) is 15.1. The number of aromatic amines is 1. The number of nitrogens with zero attached hydrogens (tertiary/aromatic N) is 3. The second kappa shape index (κ2) is 8.22. The van der Waals surface area contributed by atoms with Gasteiger partial charge in [-0.1, -0.05) is 18.5 Å². The number of H-pyrrole nitrogens is 1. The van der Waals surface area contributed by atoms with Gasteiger partial charge >= 0.3 is 0 Å². The van der Waals surface area contributed by atoms with E-state index in [9.17, 15) is 9.50 Å². The number of pyridine rings is 1. The van der Waals surface area contributed by atoms with Crippen LogP contribution in [0.5, 0.6) is 5.75 Å². The van der Waals surface area contributed by atoms with Gasteiger partial charge < -0.3 is 14.8 Å². The number of aryl methyl sites for hydroxylation is 1. The SMILES string of the molecule is COc1ccc(F)c(Cl)c1[C@@H](C)c1c[nH]c2ncc(-c3cn(CC(C)(C)O)nc3C)cc12. The maximum atomic E-state index is 14.2. The number of methoxy groups -OCH3 is 1. The summed E-state index contributed by atoms with van der Waals surface area (Å²) in [5.41, 5.74) is 4.06. The van der Waals surface area contributed by atoms with Crippen molar-refractivity contribution in [2.24, 2.45) is 0 Å². The van der Waals surface area contributed by atoms with Gasteiger partial charge in [0.1, 0.15) is 17.2 Å². The van der Waals surface area contributed by atoms with Crippen LogP contribution in [0.4, 0.5) is 4.39 Å². The molecule has 0 fully saturated rings. The highest BCUT2D eigenvalue weighted by atomic mass is 35.5. The number of halogens is 2. The maximum Gasteiger partial charge on any atom is 0.142 e. The van der Waals surface area contributed by atoms with Crippen LogP contribution in [0.3, 0.4) is 0 Å². The Morgan fingerprint density at radius 3 is 2.78 bits per heavy atom. The summed E-state index contributed by atoms with van der Waals surface area (Å²) >= 11 is 6.33. The Morgan fingerprint density at radius 1 is 1.34 bits per heavy atom. The van der Waals surface area contributed by atoms with Crippen molar-refractivity contribution >= 4 is 22.6 Å². The fourth-order valence-electron chi connectivity index (χ4n) is 4.09. The molecule has 4 rings (SSSR count). The molecule has 2 N–H and O–H groups in total. The molecule has 0 radical (unpaired) electrons. The van der Waals surface area contributed by atoms with Crippen LogP contribution in [-0.2, 0) is 6.54 Å². The highest BCUT2D eigenvalue weighted by Gasteiger charge is 2.23. The zero-order valence-corrected chi connectivity index (χ0v) is 19.5. The van der Waals surface area contributed by atoms with E-state index >= 15 is 0 Å². The number of aromatic nitrogens is 4. The van der Waals surface area contributed by atoms with Crippen LogP contribution >= 0.6 is 11.6 Å². The summed E-state index contributed by atoms with van der Waals surface area (Å²) in [5.74, 6) is -0.188. The van der Waals surface area contributed by atoms with E-state index in [1.165, 1.54) is 6.07 Å². The van der Waals surface area contributed by atoms with Gasteiger partial charge in [0.05, 0.1) is 30.0 Å². The molecule has 4 aromatic rings. The average Bonchev–Trinajstić information content (AvgIpc) is 3.30. The van der Waals surface area contributed by atoms with Crippen molar-refractivity contribution in [1.29, 1.82) is 0 Å². The summed E-state index contributed by atoms with van der Waals surface area (Å²) in [5, 5.41) is 15.6. The van der Waals surface area contributed by atoms with Crippen molar-refractivity contribution in [2.75, 3.05) is 7.11 Å². The van der Waals surface area contributed by atoms with Crippen LogP contribution in [0.2, 0.25) is 5.02 Å². The van der Waals surface area contributed by atoms with Crippen molar-refractivity contribution in [3.8, 4) is 16.9 Å². The summed E-state index contributed by atoms with van der Waals surface area (Å²) < 4.78 is 21.4. The van der Waals surface area contributed by atoms with Crippen molar-refractivity contribution in [1.82, 2.24) is 19.7 Å². The third kappa shape index (κ3) is 4.10. The number of rotatable bonds is 6. The van der Waals surface area contributed by atoms with Crippen LogP contribution in [0.1, 0.15) is 43.5 Å². The molecule has 0 aliphatic heterocycles. The summed E-state index contributed by atoms with van der Waals surface area (Å²) in [4.78, 5) is 7.78. The Bertz CT molecular complexity index is 1290. The molecule has 6 nitrogen and oxygen atoms in total. The molecule has 0 saturated carbocycles. The Kier molecular flexibility index (Phi) is 5.73. The molecule has 3 heterocycles. The quantitative estimate of drug-likeness (QED) is 0.404. The van der Waals surface area contributed by atoms with Crippen LogP contribution in [-0.4, -0.2) is 37.6 Å². The average molecular weight is 457 g/mol. The minimum atomic E-state index is -0.871. The molecule has 3 aromatic heterocycles. The molecular weight excluding hydrogens is 431 g/mol. The van der Waals surface area contributed by atoms with E-state index in [0.29, 0.717) is 17.9 Å². The zero-order chi connectivity index (χ0) is 23.2. The van der Waals surface area contributed by atoms with E-state index in [-0.39, 0.29) is 10.9 Å². The van der Waals surface area contributed by atoms with Crippen molar-refractivity contribution in [3.05, 3.63) is 64.5 Å². The summed E-state index contributed by atoms with van der Waals surface area (Å²) in [7, 11) is 1.54. The molecule has 1 atom stereocenters. The lowest BCUT2D eigenvalue weighted by atomic mass is 9.91. The van der Waals surface area contributed by atoms with Gasteiger partial charge in [-0.2, -0.15) is 5.10 Å². The predicted molar refractivity (Wildman–Crippen MR) is 124 cm³/mol. The normalized spacial score (nSPS) is 13.0. The topological polar surface area (TPSA) is 76.0 Å². The number of hydrogen-bond donors (Lipinski definition) is 2. The minimum Gasteiger partial charge on any atom is -0.496 e. The summed E-state index contributed by atoms with van der Waals surface area (Å²) in [6, 6.07) is 4.94. The van der Waals surface area contributed by atoms with E-state index in [2.05, 4.69) is 15.1 Å². The number of aliphatic hydroxyl groups is 1. The predicted octanol–water partition coefficient (Wildman–Crippen LogP) is 5.46. The van der Waals surface area contributed by atoms with E-state index in [1.807, 2.05) is 32.3 Å². The summed E-state index contributed by atoms with van der Waals surface area (Å²) in [6.07, 6.45) is 5.58. The van der Waals surface area contributed by atoms with Gasteiger partial charge in [0, 0.05) is 46.6 Å². The minimum absolute atomic E-state index is 0.0547. The van der Waals surface area contributed by atoms with Gasteiger partial charge in [-0.05, 0) is 44.5 Å². The molecule has 0 aliphatic carbocycles. The van der Waals surface area contributed by atoms with E-state index < -0.39 is 11.4 Å². The van der Waals surface area contributed by atoms with Gasteiger partial charge in [-0.3, -0.25) is 4.68 Å². The van der Waals surface area contributed by atoms with Crippen LogP contribution in [0, 0.1) is 12.7 Å². The maximum absolute atomic E-state index is 14.2. The standard InChI is InChI=1S/C24H26ClFN4O2/c1-13(21-20(32-5)7-6-19(26)22(21)25)17-10-28-23-16(17)8-15(9-27-23)18-11-30(29-14(18)2)12-24(3,4)31/h6-11,13,31H,12H2,1-5H3,(H,27,28)/t13-/m0/s1. The van der Waals surface area contributed by atoms with Crippen molar-refractivity contribution in [3.63, 3.8) is 0 Å². The molecule has 8 heteroatoms. The molecule has 32 heavy (non-hydrogen) atoms. The Hall–Kier alpha value is -2.90. The van der Waals surface area contributed by atoms with E-state index in [0.717, 1.165) is 33.4 Å². The molecule has 0 aliphatic rings. The first-order valence-corrected chi connectivity index (χ1v) is 10.7. The second-order valence-corrected chi connectivity index (χ2v) is 9.08. The smallest absolute Gasteiger partial charge is 0.142 e. The lowest BCUT2D eigenvalue weighted by Crippen LogP contribution is -2.26. The van der Waals surface area contributed by atoms with E-state index in [4.69, 9.17) is 16.3 Å². The van der Waals surface area contributed by atoms with Gasteiger partial charge in [-0.25, -0.2) is 9.37 Å². The lowest BCUT2D eigenvalue weighted by Gasteiger charge is -2.17. The molecule has 1 aromatic carbocycles. The molecule has 0 bridgehead atoms. The van der Waals surface area contributed by atoms with Crippen LogP contribution in [0.25, 0.3) is 22.2 Å². The summed E-state index contributed by atoms with van der Waals surface area (Å²) in [6.45, 7) is 7.77. The Balaban J connectivity index is 1.79. The van der Waals surface area contributed by atoms with E-state index in [1.54, 1.807) is 37.9 Å². The van der Waals surface area contributed by atoms with Gasteiger partial charge in [-0.15, -0.1) is 0 Å². The Labute approximate surface area is 191 Å². The third-order valence-electron chi connectivity index (χ3n) is 5.58. The zero-order valence-electron chi connectivity index (χ0n) is 18.7. The van der Waals surface area contributed by atoms with Crippen LogP contribution in [0.15, 0.2) is 36.8 Å². The van der Waals surface area contributed by atoms with Crippen molar-refractivity contribution in [2.45, 2.75) is 45.8 Å². The first-order valence-electron chi connectivity index (χ1n) is 10.3. The van der Waals surface area contributed by atoms with Gasteiger partial charge in [0.15, 0.2) is 0 Å². The highest BCUT2D eigenvalue weighted by Crippen LogP contribution is 2.41. The number of nitrogens with one attached hydrogen (secondary N) is 1. The lowest BCUT2D eigenvalue weighted by molar-refractivity contribution is 0.0577. The third-order valence-corrected chi connectivity index (χ3v) is 5.97. The molecule has 0 spiro atoms. The molecule has 0 unspecified atom stereocenters. The first kappa shape index (κ1) is 22.3. The number of fused-ring (bicyclic) bond motifs is 1. The monoisotopic (exact) mass is 456 g/mol. The molecule has 168 valence electrons. The largest absolute Gasteiger partial charge is 0.496 e. The highest BCUT2D eigenvalue weighted by molar-refractivity contribution is 6.31. The molecule has 0 saturated heterocycles. The number of benzene rings is 1. The van der Waals surface area contributed by atoms with Gasteiger partial charge in [0.2, 0.25) is 0 Å². The number of hydrogen-bond acceptors (Lipinski definition) is 4.